The molecular weight excluding hydrogens is 148 g/mol. The number of hydrogen-bond donors (Lipinski definition) is 1. The maximum Gasteiger partial charge on any atom is 0.0475 e. The fourth-order valence-electron chi connectivity index (χ4n) is 0.491. The average Bonchev–Trinajstić information content (AvgIpc) is 1.62. The highest BCUT2D eigenvalue weighted by molar-refractivity contribution is 8.11. The summed E-state index contributed by atoms with van der Waals surface area (Å²) >= 11 is 6.31. The lowest BCUT2D eigenvalue weighted by atomic mass is 10.3. The van der Waals surface area contributed by atoms with Crippen LogP contribution in [0.4, 0.5) is 0 Å². The van der Waals surface area contributed by atoms with Gasteiger partial charge in [-0.3, -0.25) is 0 Å². The summed E-state index contributed by atoms with van der Waals surface area (Å²) in [5.74, 6) is 0. The molecule has 0 amide bonds. The van der Waals surface area contributed by atoms with Crippen molar-refractivity contribution >= 4 is 24.4 Å². The zero-order chi connectivity index (χ0) is 7.49. The highest BCUT2D eigenvalue weighted by atomic mass is 32.2. The summed E-state index contributed by atoms with van der Waals surface area (Å²) in [6.07, 6.45) is 1.14. The summed E-state index contributed by atoms with van der Waals surface area (Å²) in [4.78, 5) is 0. The molecule has 0 aromatic rings. The van der Waals surface area contributed by atoms with Gasteiger partial charge < -0.3 is 0 Å². The van der Waals surface area contributed by atoms with Crippen molar-refractivity contribution in [3.05, 3.63) is 0 Å². The Morgan fingerprint density at radius 3 is 2.00 bits per heavy atom. The Kier molecular flexibility index (Phi) is 4.06. The van der Waals surface area contributed by atoms with Crippen LogP contribution in [0.5, 0.6) is 0 Å². The maximum absolute atomic E-state index is 4.39. The summed E-state index contributed by atoms with van der Waals surface area (Å²) in [7, 11) is 0. The van der Waals surface area contributed by atoms with E-state index in [4.69, 9.17) is 0 Å². The van der Waals surface area contributed by atoms with Crippen LogP contribution in [0.1, 0.15) is 34.1 Å². The second-order valence-electron chi connectivity index (χ2n) is 3.09. The van der Waals surface area contributed by atoms with Crippen LogP contribution in [0.3, 0.4) is 0 Å². The zero-order valence-corrected chi connectivity index (χ0v) is 8.35. The predicted octanol–water partition coefficient (Wildman–Crippen LogP) is 3.18. The van der Waals surface area contributed by atoms with Crippen molar-refractivity contribution in [2.75, 3.05) is 0 Å². The van der Waals surface area contributed by atoms with Crippen LogP contribution in [0, 0.1) is 0 Å². The molecule has 0 N–H and O–H groups in total. The monoisotopic (exact) mass is 164 g/mol. The number of rotatable bonds is 2. The third kappa shape index (κ3) is 6.59. The minimum Gasteiger partial charge on any atom is -0.165 e. The lowest BCUT2D eigenvalue weighted by Crippen LogP contribution is -2.11. The van der Waals surface area contributed by atoms with Gasteiger partial charge in [0, 0.05) is 9.33 Å². The van der Waals surface area contributed by atoms with Gasteiger partial charge in [0.25, 0.3) is 0 Å². The minimum atomic E-state index is 0.364. The highest BCUT2D eigenvalue weighted by Crippen LogP contribution is 2.31. The molecule has 2 heteroatoms. The van der Waals surface area contributed by atoms with Crippen molar-refractivity contribution in [3.63, 3.8) is 0 Å². The molecule has 0 rings (SSSR count). The van der Waals surface area contributed by atoms with Crippen molar-refractivity contribution in [1.29, 1.82) is 0 Å². The summed E-state index contributed by atoms with van der Waals surface area (Å²) in [5.41, 5.74) is 0. The van der Waals surface area contributed by atoms with E-state index in [0.29, 0.717) is 9.33 Å². The SMILES string of the molecule is CCC(S)SC(C)(C)C. The summed E-state index contributed by atoms with van der Waals surface area (Å²) in [5, 5.41) is 0. The van der Waals surface area contributed by atoms with E-state index in [0.717, 1.165) is 6.42 Å². The molecular formula is C7H16S2. The van der Waals surface area contributed by atoms with Gasteiger partial charge in [0.15, 0.2) is 0 Å². The quantitative estimate of drug-likeness (QED) is 0.483. The van der Waals surface area contributed by atoms with Crippen LogP contribution in [-0.4, -0.2) is 9.33 Å². The van der Waals surface area contributed by atoms with E-state index in [-0.39, 0.29) is 0 Å². The second-order valence-corrected chi connectivity index (χ2v) is 6.10. The van der Waals surface area contributed by atoms with Gasteiger partial charge in [0.2, 0.25) is 0 Å². The maximum atomic E-state index is 4.39. The molecule has 0 bridgehead atoms. The number of hydrogen-bond acceptors (Lipinski definition) is 2. The molecule has 56 valence electrons. The predicted molar refractivity (Wildman–Crippen MR) is 50.4 cm³/mol. The van der Waals surface area contributed by atoms with Crippen LogP contribution in [-0.2, 0) is 0 Å². The molecule has 1 unspecified atom stereocenters. The minimum absolute atomic E-state index is 0.364. The van der Waals surface area contributed by atoms with E-state index in [1.165, 1.54) is 0 Å². The topological polar surface area (TPSA) is 0 Å². The summed E-state index contributed by atoms with van der Waals surface area (Å²) in [6, 6.07) is 0. The standard InChI is InChI=1S/C7H16S2/c1-5-6(8)9-7(2,3)4/h6,8H,5H2,1-4H3. The fraction of sp³-hybridized carbons (Fsp3) is 1.00. The van der Waals surface area contributed by atoms with Gasteiger partial charge in [0.1, 0.15) is 0 Å². The number of thioether (sulfide) groups is 1. The molecule has 0 radical (unpaired) electrons. The van der Waals surface area contributed by atoms with Crippen molar-refractivity contribution < 1.29 is 0 Å². The van der Waals surface area contributed by atoms with E-state index in [1.54, 1.807) is 0 Å². The van der Waals surface area contributed by atoms with Crippen LogP contribution < -0.4 is 0 Å². The van der Waals surface area contributed by atoms with Gasteiger partial charge in [-0.2, -0.15) is 12.6 Å². The molecule has 0 aromatic carbocycles. The highest BCUT2D eigenvalue weighted by Gasteiger charge is 2.14. The van der Waals surface area contributed by atoms with Gasteiger partial charge in [-0.15, -0.1) is 11.8 Å². The van der Waals surface area contributed by atoms with E-state index < -0.39 is 0 Å². The lowest BCUT2D eigenvalue weighted by Gasteiger charge is -2.20. The molecule has 9 heavy (non-hydrogen) atoms. The van der Waals surface area contributed by atoms with E-state index in [9.17, 15) is 0 Å². The van der Waals surface area contributed by atoms with Crippen molar-refractivity contribution in [2.45, 2.75) is 43.4 Å². The van der Waals surface area contributed by atoms with E-state index >= 15 is 0 Å². The van der Waals surface area contributed by atoms with Crippen LogP contribution in [0.25, 0.3) is 0 Å². The summed E-state index contributed by atoms with van der Waals surface area (Å²) in [6.45, 7) is 8.82. The van der Waals surface area contributed by atoms with Gasteiger partial charge in [-0.05, 0) is 6.42 Å². The van der Waals surface area contributed by atoms with Gasteiger partial charge in [-0.25, -0.2) is 0 Å². The van der Waals surface area contributed by atoms with Gasteiger partial charge in [-0.1, -0.05) is 27.7 Å². The Bertz CT molecular complexity index is 73.5. The molecule has 0 saturated carbocycles. The van der Waals surface area contributed by atoms with Crippen molar-refractivity contribution in [1.82, 2.24) is 0 Å². The second kappa shape index (κ2) is 3.77. The first kappa shape index (κ1) is 9.70. The van der Waals surface area contributed by atoms with Gasteiger partial charge in [0.05, 0.1) is 0 Å². The van der Waals surface area contributed by atoms with Crippen molar-refractivity contribution in [2.24, 2.45) is 0 Å². The molecule has 0 aliphatic carbocycles. The largest absolute Gasteiger partial charge is 0.165 e. The zero-order valence-electron chi connectivity index (χ0n) is 6.64. The molecule has 0 saturated heterocycles. The van der Waals surface area contributed by atoms with Crippen LogP contribution in [0.15, 0.2) is 0 Å². The number of thiol groups is 1. The molecule has 0 heterocycles. The first-order valence-corrected chi connectivity index (χ1v) is 4.71. The molecule has 0 aliphatic heterocycles. The molecule has 0 aliphatic rings. The Morgan fingerprint density at radius 2 is 1.89 bits per heavy atom. The lowest BCUT2D eigenvalue weighted by molar-refractivity contribution is 0.798. The fourth-order valence-corrected chi connectivity index (χ4v) is 2.42. The Balaban J connectivity index is 3.47. The Hall–Kier alpha value is 0.700. The average molecular weight is 164 g/mol. The molecule has 0 spiro atoms. The molecule has 1 atom stereocenters. The first-order chi connectivity index (χ1) is 3.95. The molecule has 0 nitrogen and oxygen atoms in total. The third-order valence-electron chi connectivity index (χ3n) is 0.839. The summed E-state index contributed by atoms with van der Waals surface area (Å²) < 4.78 is 0.868. The molecule has 0 fully saturated rings. The third-order valence-corrected chi connectivity index (χ3v) is 2.83. The first-order valence-electron chi connectivity index (χ1n) is 3.31. The Morgan fingerprint density at radius 1 is 1.44 bits per heavy atom. The van der Waals surface area contributed by atoms with Crippen molar-refractivity contribution in [3.8, 4) is 0 Å². The molecule has 0 aromatic heterocycles. The normalized spacial score (nSPS) is 15.7. The van der Waals surface area contributed by atoms with E-state index in [2.05, 4.69) is 40.3 Å². The van der Waals surface area contributed by atoms with E-state index in [1.807, 2.05) is 11.8 Å². The van der Waals surface area contributed by atoms with Crippen LogP contribution >= 0.6 is 24.4 Å². The smallest absolute Gasteiger partial charge is 0.0475 e. The Labute approximate surface area is 68.2 Å². The van der Waals surface area contributed by atoms with Gasteiger partial charge >= 0.3 is 0 Å². The van der Waals surface area contributed by atoms with Crippen LogP contribution in [0.2, 0.25) is 0 Å².